The van der Waals surface area contributed by atoms with Crippen LogP contribution in [-0.4, -0.2) is 25.4 Å². The second-order valence-corrected chi connectivity index (χ2v) is 7.76. The molecular formula is C17H15Cl2FN4OS. The van der Waals surface area contributed by atoms with Gasteiger partial charge in [-0.05, 0) is 36.8 Å². The van der Waals surface area contributed by atoms with Gasteiger partial charge in [0.15, 0.2) is 0 Å². The molecule has 0 bridgehead atoms. The SMILES string of the molecule is Cc1[nH]c([C@H](Nc2ccc(Cl)cn2)c2ccc(F)c(Cl)c2)nc1[S@](C)=O. The van der Waals surface area contributed by atoms with Gasteiger partial charge in [0, 0.05) is 18.1 Å². The monoisotopic (exact) mass is 412 g/mol. The van der Waals surface area contributed by atoms with Crippen LogP contribution in [0.4, 0.5) is 10.2 Å². The highest BCUT2D eigenvalue weighted by atomic mass is 35.5. The highest BCUT2D eigenvalue weighted by Gasteiger charge is 2.22. The molecule has 0 fully saturated rings. The van der Waals surface area contributed by atoms with Crippen LogP contribution in [0.25, 0.3) is 0 Å². The molecule has 0 unspecified atom stereocenters. The number of halogens is 3. The molecule has 3 rings (SSSR count). The van der Waals surface area contributed by atoms with E-state index >= 15 is 0 Å². The lowest BCUT2D eigenvalue weighted by Crippen LogP contribution is -2.15. The minimum Gasteiger partial charge on any atom is -0.356 e. The number of anilines is 1. The first-order valence-electron chi connectivity index (χ1n) is 7.58. The Bertz CT molecular complexity index is 962. The first-order chi connectivity index (χ1) is 12.3. The van der Waals surface area contributed by atoms with Gasteiger partial charge in [-0.3, -0.25) is 4.21 Å². The van der Waals surface area contributed by atoms with E-state index in [0.717, 1.165) is 0 Å². The fourth-order valence-electron chi connectivity index (χ4n) is 2.49. The summed E-state index contributed by atoms with van der Waals surface area (Å²) in [5.41, 5.74) is 1.38. The van der Waals surface area contributed by atoms with Gasteiger partial charge in [0.2, 0.25) is 0 Å². The van der Waals surface area contributed by atoms with E-state index in [2.05, 4.69) is 20.3 Å². The molecule has 9 heteroatoms. The number of rotatable bonds is 5. The fraction of sp³-hybridized carbons (Fsp3) is 0.176. The predicted molar refractivity (Wildman–Crippen MR) is 102 cm³/mol. The van der Waals surface area contributed by atoms with Crippen molar-refractivity contribution in [1.82, 2.24) is 15.0 Å². The zero-order valence-electron chi connectivity index (χ0n) is 13.9. The van der Waals surface area contributed by atoms with Crippen LogP contribution >= 0.6 is 23.2 Å². The second-order valence-electron chi connectivity index (χ2n) is 5.62. The second kappa shape index (κ2) is 7.73. The quantitative estimate of drug-likeness (QED) is 0.646. The van der Waals surface area contributed by atoms with Crippen molar-refractivity contribution in [2.45, 2.75) is 18.0 Å². The van der Waals surface area contributed by atoms with Gasteiger partial charge in [0.05, 0.1) is 20.8 Å². The van der Waals surface area contributed by atoms with E-state index in [1.165, 1.54) is 18.3 Å². The number of benzene rings is 1. The molecule has 2 atom stereocenters. The predicted octanol–water partition coefficient (Wildman–Crippen LogP) is 4.50. The smallest absolute Gasteiger partial charge is 0.148 e. The van der Waals surface area contributed by atoms with Crippen molar-refractivity contribution in [3.8, 4) is 0 Å². The van der Waals surface area contributed by atoms with E-state index in [1.54, 1.807) is 31.4 Å². The Morgan fingerprint density at radius 1 is 1.27 bits per heavy atom. The molecule has 5 nitrogen and oxygen atoms in total. The summed E-state index contributed by atoms with van der Waals surface area (Å²) in [6.07, 6.45) is 3.07. The summed E-state index contributed by atoms with van der Waals surface area (Å²) in [6.45, 7) is 1.79. The Labute approximate surface area is 162 Å². The number of hydrogen-bond donors (Lipinski definition) is 2. The van der Waals surface area contributed by atoms with Crippen LogP contribution in [0.1, 0.15) is 23.1 Å². The third kappa shape index (κ3) is 4.06. The largest absolute Gasteiger partial charge is 0.356 e. The van der Waals surface area contributed by atoms with Crippen molar-refractivity contribution in [2.75, 3.05) is 11.6 Å². The molecule has 2 heterocycles. The van der Waals surface area contributed by atoms with Crippen molar-refractivity contribution >= 4 is 39.8 Å². The van der Waals surface area contributed by atoms with Gasteiger partial charge in [-0.25, -0.2) is 14.4 Å². The van der Waals surface area contributed by atoms with Gasteiger partial charge in [0.1, 0.15) is 28.5 Å². The molecule has 1 aromatic carbocycles. The van der Waals surface area contributed by atoms with Crippen LogP contribution in [0.15, 0.2) is 41.6 Å². The number of hydrogen-bond acceptors (Lipinski definition) is 4. The summed E-state index contributed by atoms with van der Waals surface area (Å²) in [4.78, 5) is 11.8. The fourth-order valence-corrected chi connectivity index (χ4v) is 3.50. The van der Waals surface area contributed by atoms with E-state index in [9.17, 15) is 8.60 Å². The molecule has 2 N–H and O–H groups in total. The molecule has 0 aliphatic carbocycles. The average molecular weight is 413 g/mol. The maximum Gasteiger partial charge on any atom is 0.148 e. The lowest BCUT2D eigenvalue weighted by molar-refractivity contribution is 0.627. The molecule has 0 saturated carbocycles. The van der Waals surface area contributed by atoms with Crippen molar-refractivity contribution in [1.29, 1.82) is 0 Å². The van der Waals surface area contributed by atoms with E-state index in [4.69, 9.17) is 23.2 Å². The van der Waals surface area contributed by atoms with Gasteiger partial charge >= 0.3 is 0 Å². The minimum absolute atomic E-state index is 0.000866. The number of aromatic amines is 1. The van der Waals surface area contributed by atoms with Gasteiger partial charge in [-0.2, -0.15) is 0 Å². The van der Waals surface area contributed by atoms with Crippen LogP contribution in [0, 0.1) is 12.7 Å². The Morgan fingerprint density at radius 2 is 2.04 bits per heavy atom. The Kier molecular flexibility index (Phi) is 5.60. The Hall–Kier alpha value is -1.96. The summed E-state index contributed by atoms with van der Waals surface area (Å²) in [5.74, 6) is 0.560. The lowest BCUT2D eigenvalue weighted by atomic mass is 10.1. The van der Waals surface area contributed by atoms with E-state index in [-0.39, 0.29) is 5.02 Å². The molecule has 0 aliphatic rings. The molecule has 3 aromatic rings. The number of aryl methyl sites for hydroxylation is 1. The topological polar surface area (TPSA) is 70.7 Å². The van der Waals surface area contributed by atoms with Gasteiger partial charge < -0.3 is 10.3 Å². The van der Waals surface area contributed by atoms with E-state index in [0.29, 0.717) is 32.9 Å². The maximum absolute atomic E-state index is 13.6. The highest BCUT2D eigenvalue weighted by molar-refractivity contribution is 7.84. The molecule has 26 heavy (non-hydrogen) atoms. The number of nitrogens with zero attached hydrogens (tertiary/aromatic N) is 2. The maximum atomic E-state index is 13.6. The summed E-state index contributed by atoms with van der Waals surface area (Å²) >= 11 is 11.8. The molecule has 136 valence electrons. The zero-order chi connectivity index (χ0) is 18.8. The molecule has 0 aliphatic heterocycles. The first-order valence-corrected chi connectivity index (χ1v) is 9.89. The minimum atomic E-state index is -1.24. The normalized spacial score (nSPS) is 13.4. The first kappa shape index (κ1) is 18.8. The van der Waals surface area contributed by atoms with Gasteiger partial charge in [-0.15, -0.1) is 0 Å². The van der Waals surface area contributed by atoms with E-state index in [1.807, 2.05) is 0 Å². The van der Waals surface area contributed by atoms with Crippen LogP contribution in [0.2, 0.25) is 10.0 Å². The Morgan fingerprint density at radius 3 is 2.62 bits per heavy atom. The number of nitrogens with one attached hydrogen (secondary N) is 2. The number of aromatic nitrogens is 3. The lowest BCUT2D eigenvalue weighted by Gasteiger charge is -2.18. The molecule has 0 radical (unpaired) electrons. The van der Waals surface area contributed by atoms with Crippen LogP contribution in [0.3, 0.4) is 0 Å². The third-order valence-corrected chi connectivity index (χ3v) is 5.16. The molecule has 0 spiro atoms. The zero-order valence-corrected chi connectivity index (χ0v) is 16.2. The van der Waals surface area contributed by atoms with Crippen LogP contribution in [-0.2, 0) is 10.8 Å². The molecule has 2 aromatic heterocycles. The van der Waals surface area contributed by atoms with E-state index < -0.39 is 22.7 Å². The van der Waals surface area contributed by atoms with Gasteiger partial charge in [-0.1, -0.05) is 29.3 Å². The summed E-state index contributed by atoms with van der Waals surface area (Å²) in [5, 5.41) is 4.19. The van der Waals surface area contributed by atoms with Crippen molar-refractivity contribution < 1.29 is 8.60 Å². The molecule has 0 amide bonds. The number of pyridine rings is 1. The van der Waals surface area contributed by atoms with Crippen molar-refractivity contribution in [3.05, 3.63) is 69.5 Å². The molecular weight excluding hydrogens is 398 g/mol. The van der Waals surface area contributed by atoms with Crippen molar-refractivity contribution in [2.24, 2.45) is 0 Å². The summed E-state index contributed by atoms with van der Waals surface area (Å²) < 4.78 is 25.4. The average Bonchev–Trinajstić information content (AvgIpc) is 2.99. The summed E-state index contributed by atoms with van der Waals surface area (Å²) in [7, 11) is -1.24. The number of imidazole rings is 1. The van der Waals surface area contributed by atoms with Crippen LogP contribution < -0.4 is 5.32 Å². The highest BCUT2D eigenvalue weighted by Crippen LogP contribution is 2.29. The standard InChI is InChI=1S/C17H15Cl2FN4OS/c1-9-17(26(2)25)24-16(22-9)15(10-3-5-13(20)12(19)7-10)23-14-6-4-11(18)8-21-14/h3-8,15H,1-2H3,(H,21,23)(H,22,24)/t15-,26+/m1/s1. The molecule has 0 saturated heterocycles. The summed E-state index contributed by atoms with van der Waals surface area (Å²) in [6, 6.07) is 7.33. The third-order valence-electron chi connectivity index (χ3n) is 3.70. The number of H-pyrrole nitrogens is 1. The Balaban J connectivity index is 2.05. The van der Waals surface area contributed by atoms with Crippen molar-refractivity contribution in [3.63, 3.8) is 0 Å². The van der Waals surface area contributed by atoms with Crippen LogP contribution in [0.5, 0.6) is 0 Å². The van der Waals surface area contributed by atoms with Gasteiger partial charge in [0.25, 0.3) is 0 Å².